The third-order valence-electron chi connectivity index (χ3n) is 5.37. The molecule has 0 aromatic heterocycles. The summed E-state index contributed by atoms with van der Waals surface area (Å²) < 4.78 is 11.3. The fourth-order valence-corrected chi connectivity index (χ4v) is 3.61. The fourth-order valence-electron chi connectivity index (χ4n) is 3.61. The molecule has 0 bridgehead atoms. The summed E-state index contributed by atoms with van der Waals surface area (Å²) in [5, 5.41) is 14.3. The summed E-state index contributed by atoms with van der Waals surface area (Å²) in [6.45, 7) is 1.85. The Morgan fingerprint density at radius 1 is 0.970 bits per heavy atom. The van der Waals surface area contributed by atoms with Crippen LogP contribution in [0.3, 0.4) is 0 Å². The molecule has 0 aliphatic rings. The van der Waals surface area contributed by atoms with Crippen LogP contribution in [0.2, 0.25) is 0 Å². The van der Waals surface area contributed by atoms with E-state index in [1.54, 1.807) is 18.2 Å². The van der Waals surface area contributed by atoms with Gasteiger partial charge in [-0.1, -0.05) is 66.7 Å². The van der Waals surface area contributed by atoms with Crippen molar-refractivity contribution in [2.24, 2.45) is 0 Å². The Morgan fingerprint density at radius 3 is 2.27 bits per heavy atom. The number of ether oxygens (including phenoxy) is 2. The molecule has 2 unspecified atom stereocenters. The summed E-state index contributed by atoms with van der Waals surface area (Å²) in [6, 6.07) is 24.2. The molecule has 1 amide bonds. The van der Waals surface area contributed by atoms with Crippen LogP contribution in [0.25, 0.3) is 0 Å². The van der Waals surface area contributed by atoms with Gasteiger partial charge in [0.15, 0.2) is 11.5 Å². The molecule has 0 saturated heterocycles. The number of rotatable bonds is 11. The van der Waals surface area contributed by atoms with Crippen LogP contribution in [-0.4, -0.2) is 24.5 Å². The van der Waals surface area contributed by atoms with Crippen molar-refractivity contribution in [2.45, 2.75) is 31.9 Å². The zero-order chi connectivity index (χ0) is 23.6. The largest absolute Gasteiger partial charge is 0.493 e. The summed E-state index contributed by atoms with van der Waals surface area (Å²) in [4.78, 5) is 23.7. The highest BCUT2D eigenvalue weighted by Crippen LogP contribution is 2.33. The van der Waals surface area contributed by atoms with Gasteiger partial charge < -0.3 is 14.8 Å². The van der Waals surface area contributed by atoms with Gasteiger partial charge in [0.25, 0.3) is 0 Å². The minimum Gasteiger partial charge on any atom is -0.493 e. The van der Waals surface area contributed by atoms with Crippen molar-refractivity contribution in [3.63, 3.8) is 0 Å². The quantitative estimate of drug-likeness (QED) is 0.333. The SMILES string of the molecule is COc1ccc(C(CC(=O)NC(C)c2ccccc2)C[N+](=O)[O-])cc1OCc1ccccc1. The lowest BCUT2D eigenvalue weighted by molar-refractivity contribution is -0.483. The first-order chi connectivity index (χ1) is 16.0. The van der Waals surface area contributed by atoms with Crippen molar-refractivity contribution in [3.8, 4) is 11.5 Å². The predicted molar refractivity (Wildman–Crippen MR) is 126 cm³/mol. The molecule has 3 aromatic rings. The highest BCUT2D eigenvalue weighted by Gasteiger charge is 2.24. The average Bonchev–Trinajstić information content (AvgIpc) is 2.83. The van der Waals surface area contributed by atoms with Gasteiger partial charge in [0.05, 0.1) is 19.1 Å². The summed E-state index contributed by atoms with van der Waals surface area (Å²) >= 11 is 0. The number of hydrogen-bond acceptors (Lipinski definition) is 5. The summed E-state index contributed by atoms with van der Waals surface area (Å²) in [6.07, 6.45) is -0.0113. The minimum atomic E-state index is -0.604. The van der Waals surface area contributed by atoms with Crippen LogP contribution in [0.15, 0.2) is 78.9 Å². The molecule has 3 rings (SSSR count). The molecule has 172 valence electrons. The van der Waals surface area contributed by atoms with Crippen molar-refractivity contribution in [1.29, 1.82) is 0 Å². The molecule has 7 heteroatoms. The lowest BCUT2D eigenvalue weighted by Gasteiger charge is -2.19. The number of nitrogens with zero attached hydrogens (tertiary/aromatic N) is 1. The van der Waals surface area contributed by atoms with Crippen LogP contribution in [0.4, 0.5) is 0 Å². The highest BCUT2D eigenvalue weighted by atomic mass is 16.6. The molecule has 2 atom stereocenters. The molecule has 0 fully saturated rings. The molecule has 0 heterocycles. The van der Waals surface area contributed by atoms with E-state index in [1.165, 1.54) is 7.11 Å². The second kappa shape index (κ2) is 11.7. The van der Waals surface area contributed by atoms with E-state index < -0.39 is 10.8 Å². The van der Waals surface area contributed by atoms with E-state index in [4.69, 9.17) is 9.47 Å². The number of carbonyl (C=O) groups is 1. The second-order valence-electron chi connectivity index (χ2n) is 7.80. The van der Waals surface area contributed by atoms with Gasteiger partial charge in [-0.2, -0.15) is 0 Å². The molecule has 0 spiro atoms. The van der Waals surface area contributed by atoms with Crippen molar-refractivity contribution in [3.05, 3.63) is 106 Å². The molecular formula is C26H28N2O5. The Labute approximate surface area is 193 Å². The van der Waals surface area contributed by atoms with Crippen LogP contribution in [0, 0.1) is 10.1 Å². The van der Waals surface area contributed by atoms with E-state index in [1.807, 2.05) is 67.6 Å². The molecule has 7 nitrogen and oxygen atoms in total. The summed E-state index contributed by atoms with van der Waals surface area (Å²) in [7, 11) is 1.54. The number of amides is 1. The van der Waals surface area contributed by atoms with Gasteiger partial charge in [-0.05, 0) is 35.7 Å². The number of nitrogens with one attached hydrogen (secondary N) is 1. The Kier molecular flexibility index (Phi) is 8.41. The summed E-state index contributed by atoms with van der Waals surface area (Å²) in [5.41, 5.74) is 2.61. The highest BCUT2D eigenvalue weighted by molar-refractivity contribution is 5.77. The maximum atomic E-state index is 12.7. The summed E-state index contributed by atoms with van der Waals surface area (Å²) in [5.74, 6) is 0.149. The minimum absolute atomic E-state index is 0.0113. The molecule has 0 saturated carbocycles. The molecule has 0 aliphatic carbocycles. The Hall–Kier alpha value is -3.87. The van der Waals surface area contributed by atoms with Crippen molar-refractivity contribution in [1.82, 2.24) is 5.32 Å². The number of methoxy groups -OCH3 is 1. The molecule has 33 heavy (non-hydrogen) atoms. The number of benzene rings is 3. The van der Waals surface area contributed by atoms with Crippen LogP contribution in [0.1, 0.15) is 42.0 Å². The predicted octanol–water partition coefficient (Wildman–Crippen LogP) is 4.90. The number of hydrogen-bond donors (Lipinski definition) is 1. The lowest BCUT2D eigenvalue weighted by atomic mass is 9.94. The average molecular weight is 449 g/mol. The Balaban J connectivity index is 1.75. The van der Waals surface area contributed by atoms with Gasteiger partial charge in [-0.3, -0.25) is 14.9 Å². The molecule has 0 aliphatic heterocycles. The topological polar surface area (TPSA) is 90.7 Å². The fraction of sp³-hybridized carbons (Fsp3) is 0.269. The van der Waals surface area contributed by atoms with Crippen LogP contribution < -0.4 is 14.8 Å². The van der Waals surface area contributed by atoms with E-state index in [0.29, 0.717) is 23.7 Å². The van der Waals surface area contributed by atoms with Crippen molar-refractivity contribution < 1.29 is 19.2 Å². The first-order valence-electron chi connectivity index (χ1n) is 10.8. The van der Waals surface area contributed by atoms with E-state index in [-0.39, 0.29) is 24.9 Å². The Bertz CT molecular complexity index is 1060. The Morgan fingerprint density at radius 2 is 1.64 bits per heavy atom. The van der Waals surface area contributed by atoms with Gasteiger partial charge in [0.2, 0.25) is 12.5 Å². The second-order valence-corrected chi connectivity index (χ2v) is 7.80. The molecule has 1 N–H and O–H groups in total. The normalized spacial score (nSPS) is 12.4. The zero-order valence-electron chi connectivity index (χ0n) is 18.8. The van der Waals surface area contributed by atoms with Crippen LogP contribution >= 0.6 is 0 Å². The van der Waals surface area contributed by atoms with Crippen molar-refractivity contribution >= 4 is 5.91 Å². The van der Waals surface area contributed by atoms with E-state index in [0.717, 1.165) is 11.1 Å². The van der Waals surface area contributed by atoms with Gasteiger partial charge in [-0.15, -0.1) is 0 Å². The zero-order valence-corrected chi connectivity index (χ0v) is 18.8. The standard InChI is InChI=1S/C26H28N2O5/c1-19(21-11-7-4-8-12-21)27-26(29)16-23(17-28(30)31)22-13-14-24(32-2)25(15-22)33-18-20-9-5-3-6-10-20/h3-15,19,23H,16-18H2,1-2H3,(H,27,29). The van der Waals surface area contributed by atoms with Crippen LogP contribution in [-0.2, 0) is 11.4 Å². The van der Waals surface area contributed by atoms with E-state index in [2.05, 4.69) is 5.32 Å². The molecule has 3 aromatic carbocycles. The third-order valence-corrected chi connectivity index (χ3v) is 5.37. The van der Waals surface area contributed by atoms with Crippen molar-refractivity contribution in [2.75, 3.05) is 13.7 Å². The first-order valence-corrected chi connectivity index (χ1v) is 10.8. The molecular weight excluding hydrogens is 420 g/mol. The van der Waals surface area contributed by atoms with E-state index in [9.17, 15) is 14.9 Å². The monoisotopic (exact) mass is 448 g/mol. The van der Waals surface area contributed by atoms with Gasteiger partial charge >= 0.3 is 0 Å². The maximum absolute atomic E-state index is 12.7. The maximum Gasteiger partial charge on any atom is 0.221 e. The first kappa shape index (κ1) is 23.8. The van der Waals surface area contributed by atoms with E-state index >= 15 is 0 Å². The smallest absolute Gasteiger partial charge is 0.221 e. The number of nitro groups is 1. The number of carbonyl (C=O) groups excluding carboxylic acids is 1. The molecule has 0 radical (unpaired) electrons. The van der Waals surface area contributed by atoms with Crippen LogP contribution in [0.5, 0.6) is 11.5 Å². The van der Waals surface area contributed by atoms with Gasteiger partial charge in [-0.25, -0.2) is 0 Å². The third kappa shape index (κ3) is 7.07. The van der Waals surface area contributed by atoms with Gasteiger partial charge in [0, 0.05) is 11.3 Å². The van der Waals surface area contributed by atoms with Gasteiger partial charge in [0.1, 0.15) is 6.61 Å². The lowest BCUT2D eigenvalue weighted by Crippen LogP contribution is -2.29.